The second-order valence-corrected chi connectivity index (χ2v) is 7.51. The van der Waals surface area contributed by atoms with Crippen molar-refractivity contribution in [2.24, 2.45) is 5.92 Å². The maximum Gasteiger partial charge on any atom is 0.277 e. The summed E-state index contributed by atoms with van der Waals surface area (Å²) >= 11 is 0. The number of hydrogen-bond acceptors (Lipinski definition) is 4. The zero-order valence-electron chi connectivity index (χ0n) is 17.3. The van der Waals surface area contributed by atoms with Crippen LogP contribution < -0.4 is 10.2 Å². The maximum absolute atomic E-state index is 13.4. The second kappa shape index (κ2) is 9.82. The Hall–Kier alpha value is -3.21. The lowest BCUT2D eigenvalue weighted by molar-refractivity contribution is 0.0980. The molecule has 2 aromatic carbocycles. The minimum atomic E-state index is -0.141. The third kappa shape index (κ3) is 5.88. The molecular weight excluding hydrogens is 360 g/mol. The van der Waals surface area contributed by atoms with Crippen molar-refractivity contribution in [2.45, 2.75) is 33.7 Å². The lowest BCUT2D eigenvalue weighted by Gasteiger charge is -2.23. The van der Waals surface area contributed by atoms with Gasteiger partial charge in [-0.1, -0.05) is 62.4 Å². The fraction of sp³-hybridized carbons (Fsp3) is 0.292. The molecule has 0 spiro atoms. The number of aromatic nitrogens is 2. The summed E-state index contributed by atoms with van der Waals surface area (Å²) in [4.78, 5) is 24.1. The maximum atomic E-state index is 13.4. The fourth-order valence-electron chi connectivity index (χ4n) is 3.05. The zero-order valence-corrected chi connectivity index (χ0v) is 17.3. The van der Waals surface area contributed by atoms with E-state index in [1.807, 2.05) is 67.6 Å². The molecule has 0 fully saturated rings. The molecule has 0 bridgehead atoms. The van der Waals surface area contributed by atoms with E-state index in [1.165, 1.54) is 0 Å². The van der Waals surface area contributed by atoms with E-state index in [0.29, 0.717) is 29.8 Å². The van der Waals surface area contributed by atoms with E-state index in [-0.39, 0.29) is 5.91 Å². The van der Waals surface area contributed by atoms with Crippen LogP contribution in [-0.4, -0.2) is 22.4 Å². The van der Waals surface area contributed by atoms with Gasteiger partial charge in [0.1, 0.15) is 17.3 Å². The highest BCUT2D eigenvalue weighted by atomic mass is 16.2. The van der Waals surface area contributed by atoms with Crippen LogP contribution in [0.5, 0.6) is 0 Å². The molecule has 0 aliphatic carbocycles. The molecule has 1 N–H and O–H groups in total. The number of amides is 1. The van der Waals surface area contributed by atoms with Crippen LogP contribution in [0.1, 0.15) is 42.1 Å². The smallest absolute Gasteiger partial charge is 0.277 e. The third-order valence-electron chi connectivity index (χ3n) is 4.58. The van der Waals surface area contributed by atoms with E-state index in [4.69, 9.17) is 0 Å². The molecule has 0 atom stereocenters. The van der Waals surface area contributed by atoms with Gasteiger partial charge in [0.2, 0.25) is 0 Å². The number of anilines is 2. The van der Waals surface area contributed by atoms with Gasteiger partial charge >= 0.3 is 0 Å². The van der Waals surface area contributed by atoms with Gasteiger partial charge in [-0.25, -0.2) is 9.97 Å². The van der Waals surface area contributed by atoms with Gasteiger partial charge in [0.05, 0.1) is 6.54 Å². The number of para-hydroxylation sites is 1. The number of nitrogens with one attached hydrogen (secondary N) is 1. The second-order valence-electron chi connectivity index (χ2n) is 7.51. The molecule has 0 aliphatic rings. The number of carbonyl (C=O) groups excluding carboxylic acids is 1. The molecule has 0 unspecified atom stereocenters. The average Bonchev–Trinajstić information content (AvgIpc) is 2.72. The topological polar surface area (TPSA) is 58.1 Å². The van der Waals surface area contributed by atoms with E-state index in [0.717, 1.165) is 24.2 Å². The standard InChI is InChI=1S/C24H28N4O/c1-18(2)14-15-25-23-16-22(26-19(3)27-23)24(29)28(21-12-8-5-9-13-21)17-20-10-6-4-7-11-20/h4-13,16,18H,14-15,17H2,1-3H3,(H,25,26,27). The van der Waals surface area contributed by atoms with Crippen LogP contribution in [-0.2, 0) is 6.54 Å². The summed E-state index contributed by atoms with van der Waals surface area (Å²) in [6.45, 7) is 7.47. The lowest BCUT2D eigenvalue weighted by atomic mass is 10.1. The van der Waals surface area contributed by atoms with Crippen LogP contribution in [0.15, 0.2) is 66.7 Å². The Morgan fingerprint density at radius 1 is 1.00 bits per heavy atom. The van der Waals surface area contributed by atoms with Crippen LogP contribution in [0.25, 0.3) is 0 Å². The molecule has 0 saturated carbocycles. The van der Waals surface area contributed by atoms with Crippen molar-refractivity contribution in [3.05, 3.63) is 83.8 Å². The minimum Gasteiger partial charge on any atom is -0.370 e. The highest BCUT2D eigenvalue weighted by Crippen LogP contribution is 2.20. The monoisotopic (exact) mass is 388 g/mol. The summed E-state index contributed by atoms with van der Waals surface area (Å²) in [5.41, 5.74) is 2.29. The van der Waals surface area contributed by atoms with Crippen molar-refractivity contribution in [1.29, 1.82) is 0 Å². The molecule has 5 heteroatoms. The van der Waals surface area contributed by atoms with Crippen molar-refractivity contribution in [1.82, 2.24) is 9.97 Å². The molecule has 0 radical (unpaired) electrons. The van der Waals surface area contributed by atoms with Crippen LogP contribution in [0.4, 0.5) is 11.5 Å². The first-order chi connectivity index (χ1) is 14.0. The van der Waals surface area contributed by atoms with Gasteiger partial charge in [-0.3, -0.25) is 4.79 Å². The molecule has 1 amide bonds. The van der Waals surface area contributed by atoms with Crippen molar-refractivity contribution in [3.63, 3.8) is 0 Å². The Labute approximate surface area is 172 Å². The van der Waals surface area contributed by atoms with Crippen molar-refractivity contribution in [2.75, 3.05) is 16.8 Å². The normalized spacial score (nSPS) is 10.8. The first-order valence-electron chi connectivity index (χ1n) is 10.0. The summed E-state index contributed by atoms with van der Waals surface area (Å²) in [5.74, 6) is 1.73. The summed E-state index contributed by atoms with van der Waals surface area (Å²) < 4.78 is 0. The van der Waals surface area contributed by atoms with Crippen LogP contribution in [0, 0.1) is 12.8 Å². The van der Waals surface area contributed by atoms with Gasteiger partial charge in [-0.2, -0.15) is 0 Å². The van der Waals surface area contributed by atoms with E-state index >= 15 is 0 Å². The van der Waals surface area contributed by atoms with Gasteiger partial charge in [0, 0.05) is 18.3 Å². The van der Waals surface area contributed by atoms with E-state index in [9.17, 15) is 4.79 Å². The van der Waals surface area contributed by atoms with Crippen molar-refractivity contribution in [3.8, 4) is 0 Å². The zero-order chi connectivity index (χ0) is 20.6. The molecular formula is C24H28N4O. The van der Waals surface area contributed by atoms with Crippen molar-refractivity contribution >= 4 is 17.4 Å². The number of rotatable bonds is 8. The van der Waals surface area contributed by atoms with Crippen LogP contribution in [0.2, 0.25) is 0 Å². The minimum absolute atomic E-state index is 0.141. The molecule has 1 aromatic heterocycles. The van der Waals surface area contributed by atoms with E-state index in [2.05, 4.69) is 29.1 Å². The van der Waals surface area contributed by atoms with E-state index < -0.39 is 0 Å². The number of aryl methyl sites for hydroxylation is 1. The molecule has 1 heterocycles. The SMILES string of the molecule is Cc1nc(NCCC(C)C)cc(C(=O)N(Cc2ccccc2)c2ccccc2)n1. The van der Waals surface area contributed by atoms with Gasteiger partial charge in [-0.15, -0.1) is 0 Å². The Morgan fingerprint density at radius 3 is 2.31 bits per heavy atom. The molecule has 3 aromatic rings. The quantitative estimate of drug-likeness (QED) is 0.584. The Bertz CT molecular complexity index is 926. The Morgan fingerprint density at radius 2 is 1.66 bits per heavy atom. The number of hydrogen-bond donors (Lipinski definition) is 1. The predicted octanol–water partition coefficient (Wildman–Crippen LogP) is 5.09. The van der Waals surface area contributed by atoms with Crippen LogP contribution >= 0.6 is 0 Å². The van der Waals surface area contributed by atoms with Gasteiger partial charge in [0.15, 0.2) is 0 Å². The summed E-state index contributed by atoms with van der Waals surface area (Å²) in [6.07, 6.45) is 1.04. The Kier molecular flexibility index (Phi) is 6.95. The predicted molar refractivity (Wildman–Crippen MR) is 118 cm³/mol. The molecule has 5 nitrogen and oxygen atoms in total. The summed E-state index contributed by atoms with van der Waals surface area (Å²) in [6, 6.07) is 21.4. The summed E-state index contributed by atoms with van der Waals surface area (Å²) in [7, 11) is 0. The largest absolute Gasteiger partial charge is 0.370 e. The first kappa shape index (κ1) is 20.5. The highest BCUT2D eigenvalue weighted by Gasteiger charge is 2.20. The van der Waals surface area contributed by atoms with Crippen LogP contribution in [0.3, 0.4) is 0 Å². The average molecular weight is 389 g/mol. The lowest BCUT2D eigenvalue weighted by Crippen LogP contribution is -2.31. The van der Waals surface area contributed by atoms with Gasteiger partial charge in [-0.05, 0) is 37.0 Å². The summed E-state index contributed by atoms with van der Waals surface area (Å²) in [5, 5.41) is 3.32. The van der Waals surface area contributed by atoms with E-state index in [1.54, 1.807) is 11.0 Å². The Balaban J connectivity index is 1.88. The highest BCUT2D eigenvalue weighted by molar-refractivity contribution is 6.05. The fourth-order valence-corrected chi connectivity index (χ4v) is 3.05. The number of carbonyl (C=O) groups is 1. The third-order valence-corrected chi connectivity index (χ3v) is 4.58. The molecule has 29 heavy (non-hydrogen) atoms. The molecule has 0 saturated heterocycles. The number of nitrogens with zero attached hydrogens (tertiary/aromatic N) is 3. The molecule has 3 rings (SSSR count). The first-order valence-corrected chi connectivity index (χ1v) is 10.0. The molecule has 0 aliphatic heterocycles. The van der Waals surface area contributed by atoms with Gasteiger partial charge in [0.25, 0.3) is 5.91 Å². The number of benzene rings is 2. The van der Waals surface area contributed by atoms with Gasteiger partial charge < -0.3 is 10.2 Å². The van der Waals surface area contributed by atoms with Crippen molar-refractivity contribution < 1.29 is 4.79 Å². The molecule has 150 valence electrons.